The highest BCUT2D eigenvalue weighted by atomic mass is 14.3. The second-order valence-electron chi connectivity index (χ2n) is 2.30. The van der Waals surface area contributed by atoms with E-state index in [-0.39, 0.29) is 0 Å². The molecule has 0 aliphatic heterocycles. The van der Waals surface area contributed by atoms with Crippen LogP contribution in [-0.2, 0) is 0 Å². The molecule has 1 unspecified atom stereocenters. The molecule has 0 saturated carbocycles. The molecule has 46 valence electrons. The van der Waals surface area contributed by atoms with Crippen molar-refractivity contribution in [1.82, 2.24) is 0 Å². The zero-order chi connectivity index (χ0) is 6.69. The average molecular weight is 119 g/mol. The summed E-state index contributed by atoms with van der Waals surface area (Å²) in [6.07, 6.45) is 6.93. The lowest BCUT2D eigenvalue weighted by Crippen LogP contribution is -1.98. The summed E-state index contributed by atoms with van der Waals surface area (Å²) < 4.78 is 0. The zero-order valence-corrected chi connectivity index (χ0v) is 5.46. The van der Waals surface area contributed by atoms with Crippen molar-refractivity contribution in [3.8, 4) is 6.07 Å². The van der Waals surface area contributed by atoms with Gasteiger partial charge in [0.2, 0.25) is 0 Å². The van der Waals surface area contributed by atoms with E-state index >= 15 is 0 Å². The summed E-state index contributed by atoms with van der Waals surface area (Å²) in [5.41, 5.74) is 0.900. The van der Waals surface area contributed by atoms with Crippen LogP contribution in [0.25, 0.3) is 0 Å². The molecule has 0 radical (unpaired) electrons. The van der Waals surface area contributed by atoms with Crippen LogP contribution in [0.3, 0.4) is 0 Å². The van der Waals surface area contributed by atoms with E-state index in [4.69, 9.17) is 5.26 Å². The maximum atomic E-state index is 8.51. The molecule has 0 amide bonds. The molecule has 0 spiro atoms. The molecular formula is C8H9N. The predicted octanol–water partition coefficient (Wildman–Crippen LogP) is 2.03. The molecule has 0 bridgehead atoms. The summed E-state index contributed by atoms with van der Waals surface area (Å²) in [6, 6.07) is 2.16. The fraction of sp³-hybridized carbons (Fsp3) is 0.375. The lowest BCUT2D eigenvalue weighted by Gasteiger charge is -2.08. The van der Waals surface area contributed by atoms with Crippen LogP contribution in [0.5, 0.6) is 0 Å². The minimum atomic E-state index is 0.431. The second kappa shape index (κ2) is 2.50. The number of nitriles is 1. The van der Waals surface area contributed by atoms with Gasteiger partial charge in [-0.2, -0.15) is 5.26 Å². The van der Waals surface area contributed by atoms with Crippen molar-refractivity contribution < 1.29 is 0 Å². The smallest absolute Gasteiger partial charge is 0.0950 e. The van der Waals surface area contributed by atoms with Gasteiger partial charge in [-0.05, 0) is 18.4 Å². The van der Waals surface area contributed by atoms with Crippen molar-refractivity contribution in [3.05, 3.63) is 23.8 Å². The standard InChI is InChI=1S/C8H9N/c1-7-4-2-3-5-8(7)6-9/h2-3,5,7H,4H2,1H3. The maximum Gasteiger partial charge on any atom is 0.0950 e. The van der Waals surface area contributed by atoms with E-state index in [1.807, 2.05) is 12.2 Å². The molecule has 1 nitrogen and oxygen atoms in total. The number of hydrogen-bond acceptors (Lipinski definition) is 1. The van der Waals surface area contributed by atoms with Crippen LogP contribution in [0.15, 0.2) is 23.8 Å². The van der Waals surface area contributed by atoms with E-state index in [9.17, 15) is 0 Å². The Hall–Kier alpha value is -1.03. The van der Waals surface area contributed by atoms with Crippen molar-refractivity contribution >= 4 is 0 Å². The Kier molecular flexibility index (Phi) is 1.69. The van der Waals surface area contributed by atoms with Gasteiger partial charge in [0.15, 0.2) is 0 Å². The first-order valence-corrected chi connectivity index (χ1v) is 3.11. The predicted molar refractivity (Wildman–Crippen MR) is 36.6 cm³/mol. The lowest BCUT2D eigenvalue weighted by molar-refractivity contribution is 0.707. The van der Waals surface area contributed by atoms with Crippen LogP contribution >= 0.6 is 0 Å². The highest BCUT2D eigenvalue weighted by Crippen LogP contribution is 2.17. The monoisotopic (exact) mass is 119 g/mol. The molecule has 1 atom stereocenters. The molecule has 1 heteroatoms. The third-order valence-corrected chi connectivity index (χ3v) is 1.56. The molecule has 1 aliphatic rings. The van der Waals surface area contributed by atoms with Crippen LogP contribution in [0.1, 0.15) is 13.3 Å². The fourth-order valence-electron chi connectivity index (χ4n) is 0.893. The molecule has 0 aromatic rings. The van der Waals surface area contributed by atoms with Gasteiger partial charge < -0.3 is 0 Å². The number of rotatable bonds is 0. The Labute approximate surface area is 55.3 Å². The molecule has 1 aliphatic carbocycles. The van der Waals surface area contributed by atoms with E-state index in [1.165, 1.54) is 0 Å². The topological polar surface area (TPSA) is 23.8 Å². The van der Waals surface area contributed by atoms with Gasteiger partial charge in [0, 0.05) is 5.57 Å². The first-order valence-electron chi connectivity index (χ1n) is 3.11. The average Bonchev–Trinajstić information content (AvgIpc) is 1.89. The highest BCUT2D eigenvalue weighted by molar-refractivity contribution is 5.31. The Morgan fingerprint density at radius 1 is 1.78 bits per heavy atom. The van der Waals surface area contributed by atoms with E-state index in [0.717, 1.165) is 12.0 Å². The Morgan fingerprint density at radius 3 is 3.00 bits per heavy atom. The fourth-order valence-corrected chi connectivity index (χ4v) is 0.893. The van der Waals surface area contributed by atoms with Crippen LogP contribution in [0.4, 0.5) is 0 Å². The van der Waals surface area contributed by atoms with Gasteiger partial charge in [0.25, 0.3) is 0 Å². The maximum absolute atomic E-state index is 8.51. The summed E-state index contributed by atoms with van der Waals surface area (Å²) in [6.45, 7) is 2.07. The van der Waals surface area contributed by atoms with Gasteiger partial charge >= 0.3 is 0 Å². The normalized spacial score (nSPS) is 24.9. The van der Waals surface area contributed by atoms with Crippen LogP contribution in [0.2, 0.25) is 0 Å². The summed E-state index contributed by atoms with van der Waals surface area (Å²) in [5, 5.41) is 8.51. The van der Waals surface area contributed by atoms with E-state index < -0.39 is 0 Å². The Balaban J connectivity index is 2.78. The summed E-state index contributed by atoms with van der Waals surface area (Å²) in [5.74, 6) is 0.431. The Morgan fingerprint density at radius 2 is 2.56 bits per heavy atom. The molecule has 9 heavy (non-hydrogen) atoms. The largest absolute Gasteiger partial charge is 0.193 e. The molecule has 0 saturated heterocycles. The van der Waals surface area contributed by atoms with Gasteiger partial charge in [-0.1, -0.05) is 19.1 Å². The van der Waals surface area contributed by atoms with Gasteiger partial charge in [0.1, 0.15) is 0 Å². The highest BCUT2D eigenvalue weighted by Gasteiger charge is 2.07. The van der Waals surface area contributed by atoms with Crippen molar-refractivity contribution in [1.29, 1.82) is 5.26 Å². The second-order valence-corrected chi connectivity index (χ2v) is 2.30. The van der Waals surface area contributed by atoms with Crippen LogP contribution in [0, 0.1) is 17.2 Å². The zero-order valence-electron chi connectivity index (χ0n) is 5.46. The lowest BCUT2D eigenvalue weighted by atomic mass is 9.95. The molecule has 0 N–H and O–H groups in total. The summed E-state index contributed by atoms with van der Waals surface area (Å²) in [4.78, 5) is 0. The molecule has 0 heterocycles. The molecule has 0 fully saturated rings. The molecule has 1 rings (SSSR count). The first kappa shape index (κ1) is 6.10. The van der Waals surface area contributed by atoms with Crippen LogP contribution < -0.4 is 0 Å². The molecular weight excluding hydrogens is 110 g/mol. The van der Waals surface area contributed by atoms with Gasteiger partial charge in [-0.3, -0.25) is 0 Å². The quantitative estimate of drug-likeness (QED) is 0.478. The number of allylic oxidation sites excluding steroid dienone is 4. The summed E-state index contributed by atoms with van der Waals surface area (Å²) in [7, 11) is 0. The van der Waals surface area contributed by atoms with E-state index in [0.29, 0.717) is 5.92 Å². The van der Waals surface area contributed by atoms with E-state index in [1.54, 1.807) is 0 Å². The first-order chi connectivity index (χ1) is 4.34. The van der Waals surface area contributed by atoms with Gasteiger partial charge in [-0.15, -0.1) is 0 Å². The van der Waals surface area contributed by atoms with Crippen molar-refractivity contribution in [3.63, 3.8) is 0 Å². The third kappa shape index (κ3) is 1.20. The molecule has 0 aromatic carbocycles. The van der Waals surface area contributed by atoms with Crippen molar-refractivity contribution in [2.75, 3.05) is 0 Å². The number of hydrogen-bond donors (Lipinski definition) is 0. The van der Waals surface area contributed by atoms with E-state index in [2.05, 4.69) is 19.1 Å². The molecule has 0 aromatic heterocycles. The van der Waals surface area contributed by atoms with Gasteiger partial charge in [-0.25, -0.2) is 0 Å². The van der Waals surface area contributed by atoms with Crippen LogP contribution in [-0.4, -0.2) is 0 Å². The Bertz CT molecular complexity index is 193. The minimum Gasteiger partial charge on any atom is -0.193 e. The third-order valence-electron chi connectivity index (χ3n) is 1.56. The number of nitrogens with zero attached hydrogens (tertiary/aromatic N) is 1. The summed E-state index contributed by atoms with van der Waals surface area (Å²) >= 11 is 0. The van der Waals surface area contributed by atoms with Crippen molar-refractivity contribution in [2.45, 2.75) is 13.3 Å². The van der Waals surface area contributed by atoms with Gasteiger partial charge in [0.05, 0.1) is 6.07 Å². The van der Waals surface area contributed by atoms with Crippen molar-refractivity contribution in [2.24, 2.45) is 5.92 Å². The SMILES string of the molecule is CC1CC=CC=C1C#N. The minimum absolute atomic E-state index is 0.431.